The molecule has 0 radical (unpaired) electrons. The van der Waals surface area contributed by atoms with Crippen molar-refractivity contribution < 1.29 is 0 Å². The van der Waals surface area contributed by atoms with Crippen LogP contribution in [-0.4, -0.2) is 25.1 Å². The fraction of sp³-hybridized carbons (Fsp3) is 0.688. The molecule has 2 rings (SSSR count). The van der Waals surface area contributed by atoms with Crippen molar-refractivity contribution in [1.82, 2.24) is 10.3 Å². The second-order valence-electron chi connectivity index (χ2n) is 5.73. The van der Waals surface area contributed by atoms with Gasteiger partial charge in [-0.15, -0.1) is 0 Å². The van der Waals surface area contributed by atoms with E-state index in [1.807, 2.05) is 7.05 Å². The summed E-state index contributed by atoms with van der Waals surface area (Å²) in [4.78, 5) is 7.30. The molecule has 106 valence electrons. The van der Waals surface area contributed by atoms with E-state index in [1.54, 1.807) is 0 Å². The van der Waals surface area contributed by atoms with Crippen LogP contribution in [-0.2, 0) is 13.0 Å². The summed E-state index contributed by atoms with van der Waals surface area (Å²) in [7, 11) is 2.00. The van der Waals surface area contributed by atoms with Gasteiger partial charge in [0.25, 0.3) is 0 Å². The topological polar surface area (TPSA) is 28.2 Å². The van der Waals surface area contributed by atoms with Crippen LogP contribution in [0.3, 0.4) is 0 Å². The number of anilines is 1. The Morgan fingerprint density at radius 1 is 1.32 bits per heavy atom. The standard InChI is InChI=1S/C16H27N3/c1-4-15-10-14(12-17-3)11-16(18-15)19-8-5-6-13(2)7-9-19/h10-11,13,17H,4-9,12H2,1-3H3. The van der Waals surface area contributed by atoms with Gasteiger partial charge < -0.3 is 10.2 Å². The minimum Gasteiger partial charge on any atom is -0.357 e. The highest BCUT2D eigenvalue weighted by Crippen LogP contribution is 2.22. The van der Waals surface area contributed by atoms with Gasteiger partial charge >= 0.3 is 0 Å². The molecule has 0 aliphatic carbocycles. The Bertz CT molecular complexity index is 403. The molecule has 1 aromatic rings. The predicted octanol–water partition coefficient (Wildman–Crippen LogP) is 2.99. The van der Waals surface area contributed by atoms with Crippen molar-refractivity contribution in [3.8, 4) is 0 Å². The molecule has 0 bridgehead atoms. The maximum absolute atomic E-state index is 4.82. The molecule has 1 saturated heterocycles. The molecule has 1 unspecified atom stereocenters. The number of hydrogen-bond acceptors (Lipinski definition) is 3. The zero-order chi connectivity index (χ0) is 13.7. The van der Waals surface area contributed by atoms with E-state index in [2.05, 4.69) is 36.2 Å². The first-order valence-electron chi connectivity index (χ1n) is 7.62. The van der Waals surface area contributed by atoms with Crippen molar-refractivity contribution in [2.75, 3.05) is 25.0 Å². The Morgan fingerprint density at radius 3 is 2.89 bits per heavy atom. The number of aromatic nitrogens is 1. The number of aryl methyl sites for hydroxylation is 1. The van der Waals surface area contributed by atoms with Crippen LogP contribution in [0.25, 0.3) is 0 Å². The van der Waals surface area contributed by atoms with Crippen LogP contribution in [0.1, 0.15) is 44.4 Å². The summed E-state index contributed by atoms with van der Waals surface area (Å²) >= 11 is 0. The van der Waals surface area contributed by atoms with Crippen LogP contribution < -0.4 is 10.2 Å². The zero-order valence-corrected chi connectivity index (χ0v) is 12.6. The number of pyridine rings is 1. The number of nitrogens with zero attached hydrogens (tertiary/aromatic N) is 2. The van der Waals surface area contributed by atoms with Crippen LogP contribution in [0.2, 0.25) is 0 Å². The monoisotopic (exact) mass is 261 g/mol. The number of rotatable bonds is 4. The van der Waals surface area contributed by atoms with E-state index in [0.717, 1.165) is 32.0 Å². The second kappa shape index (κ2) is 6.90. The molecular weight excluding hydrogens is 234 g/mol. The van der Waals surface area contributed by atoms with Gasteiger partial charge in [-0.05, 0) is 56.3 Å². The molecule has 1 aromatic heterocycles. The first kappa shape index (κ1) is 14.3. The second-order valence-corrected chi connectivity index (χ2v) is 5.73. The molecule has 0 aromatic carbocycles. The highest BCUT2D eigenvalue weighted by atomic mass is 15.2. The lowest BCUT2D eigenvalue weighted by atomic mass is 10.0. The molecule has 0 saturated carbocycles. The maximum atomic E-state index is 4.82. The molecule has 2 heterocycles. The first-order valence-corrected chi connectivity index (χ1v) is 7.62. The van der Waals surface area contributed by atoms with Crippen molar-refractivity contribution in [3.63, 3.8) is 0 Å². The lowest BCUT2D eigenvalue weighted by molar-refractivity contribution is 0.521. The Hall–Kier alpha value is -1.09. The first-order chi connectivity index (χ1) is 9.22. The van der Waals surface area contributed by atoms with Crippen LogP contribution >= 0.6 is 0 Å². The van der Waals surface area contributed by atoms with Gasteiger partial charge in [0.1, 0.15) is 5.82 Å². The summed E-state index contributed by atoms with van der Waals surface area (Å²) in [6.07, 6.45) is 4.95. The summed E-state index contributed by atoms with van der Waals surface area (Å²) in [5, 5.41) is 3.24. The number of nitrogens with one attached hydrogen (secondary N) is 1. The fourth-order valence-corrected chi connectivity index (χ4v) is 2.77. The van der Waals surface area contributed by atoms with E-state index in [1.165, 1.54) is 36.3 Å². The highest BCUT2D eigenvalue weighted by Gasteiger charge is 2.15. The summed E-state index contributed by atoms with van der Waals surface area (Å²) in [5.74, 6) is 2.04. The van der Waals surface area contributed by atoms with Crippen LogP contribution in [0.15, 0.2) is 12.1 Å². The highest BCUT2D eigenvalue weighted by molar-refractivity contribution is 5.43. The molecular formula is C16H27N3. The fourth-order valence-electron chi connectivity index (χ4n) is 2.77. The van der Waals surface area contributed by atoms with E-state index < -0.39 is 0 Å². The minimum atomic E-state index is 0.858. The third-order valence-corrected chi connectivity index (χ3v) is 4.01. The molecule has 1 aliphatic heterocycles. The Labute approximate surface area is 117 Å². The van der Waals surface area contributed by atoms with Crippen LogP contribution in [0, 0.1) is 5.92 Å². The quantitative estimate of drug-likeness (QED) is 0.903. The Morgan fingerprint density at radius 2 is 2.16 bits per heavy atom. The molecule has 1 N–H and O–H groups in total. The van der Waals surface area contributed by atoms with Gasteiger partial charge in [-0.1, -0.05) is 13.8 Å². The zero-order valence-electron chi connectivity index (χ0n) is 12.6. The third kappa shape index (κ3) is 3.93. The van der Waals surface area contributed by atoms with Crippen LogP contribution in [0.4, 0.5) is 5.82 Å². The molecule has 3 nitrogen and oxygen atoms in total. The summed E-state index contributed by atoms with van der Waals surface area (Å²) in [6, 6.07) is 4.48. The molecule has 0 spiro atoms. The molecule has 0 amide bonds. The smallest absolute Gasteiger partial charge is 0.129 e. The predicted molar refractivity (Wildman–Crippen MR) is 81.6 cm³/mol. The summed E-state index contributed by atoms with van der Waals surface area (Å²) in [5.41, 5.74) is 2.56. The van der Waals surface area contributed by atoms with Gasteiger partial charge in [0.2, 0.25) is 0 Å². The lowest BCUT2D eigenvalue weighted by Crippen LogP contribution is -2.25. The van der Waals surface area contributed by atoms with Gasteiger partial charge in [0.05, 0.1) is 0 Å². The van der Waals surface area contributed by atoms with Crippen molar-refractivity contribution in [2.24, 2.45) is 5.92 Å². The van der Waals surface area contributed by atoms with Gasteiger partial charge in [-0.25, -0.2) is 4.98 Å². The largest absolute Gasteiger partial charge is 0.357 e. The van der Waals surface area contributed by atoms with E-state index in [0.29, 0.717) is 0 Å². The average Bonchev–Trinajstić information content (AvgIpc) is 2.63. The van der Waals surface area contributed by atoms with E-state index in [9.17, 15) is 0 Å². The van der Waals surface area contributed by atoms with Crippen molar-refractivity contribution >= 4 is 5.82 Å². The van der Waals surface area contributed by atoms with Gasteiger partial charge in [-0.3, -0.25) is 0 Å². The van der Waals surface area contributed by atoms with E-state index in [4.69, 9.17) is 4.98 Å². The SMILES string of the molecule is CCc1cc(CNC)cc(N2CCCC(C)CC2)n1. The Kier molecular flexibility index (Phi) is 5.20. The van der Waals surface area contributed by atoms with Crippen LogP contribution in [0.5, 0.6) is 0 Å². The van der Waals surface area contributed by atoms with Gasteiger partial charge in [-0.2, -0.15) is 0 Å². The van der Waals surface area contributed by atoms with Crippen molar-refractivity contribution in [2.45, 2.75) is 46.1 Å². The maximum Gasteiger partial charge on any atom is 0.129 e. The van der Waals surface area contributed by atoms with Gasteiger partial charge in [0.15, 0.2) is 0 Å². The summed E-state index contributed by atoms with van der Waals surface area (Å²) < 4.78 is 0. The molecule has 1 atom stereocenters. The van der Waals surface area contributed by atoms with E-state index >= 15 is 0 Å². The lowest BCUT2D eigenvalue weighted by Gasteiger charge is -2.23. The summed E-state index contributed by atoms with van der Waals surface area (Å²) in [6.45, 7) is 7.78. The molecule has 1 fully saturated rings. The Balaban J connectivity index is 2.19. The van der Waals surface area contributed by atoms with Crippen molar-refractivity contribution in [1.29, 1.82) is 0 Å². The molecule has 3 heteroatoms. The van der Waals surface area contributed by atoms with E-state index in [-0.39, 0.29) is 0 Å². The molecule has 19 heavy (non-hydrogen) atoms. The average molecular weight is 261 g/mol. The van der Waals surface area contributed by atoms with Crippen molar-refractivity contribution in [3.05, 3.63) is 23.4 Å². The minimum absolute atomic E-state index is 0.858. The normalized spacial score (nSPS) is 20.4. The third-order valence-electron chi connectivity index (χ3n) is 4.01. The van der Waals surface area contributed by atoms with Gasteiger partial charge in [0, 0.05) is 25.3 Å². The number of hydrogen-bond donors (Lipinski definition) is 1. The molecule has 1 aliphatic rings.